The molecular weight excluding hydrogens is 304 g/mol. The van der Waals surface area contributed by atoms with E-state index in [1.165, 1.54) is 0 Å². The third kappa shape index (κ3) is 4.97. The summed E-state index contributed by atoms with van der Waals surface area (Å²) in [6.45, 7) is 8.68. The minimum Gasteiger partial charge on any atom is -0.484 e. The molecule has 0 spiro atoms. The molecule has 0 radical (unpaired) electrons. The number of esters is 1. The van der Waals surface area contributed by atoms with E-state index in [2.05, 4.69) is 13.8 Å². The summed E-state index contributed by atoms with van der Waals surface area (Å²) in [5.41, 5.74) is -0.294. The van der Waals surface area contributed by atoms with Crippen LogP contribution in [-0.2, 0) is 14.3 Å². The highest BCUT2D eigenvalue weighted by Crippen LogP contribution is 2.46. The predicted molar refractivity (Wildman–Crippen MR) is 94.1 cm³/mol. The van der Waals surface area contributed by atoms with Gasteiger partial charge in [0.05, 0.1) is 11.5 Å². The molecule has 24 heavy (non-hydrogen) atoms. The van der Waals surface area contributed by atoms with Crippen molar-refractivity contribution in [2.24, 2.45) is 5.41 Å². The van der Waals surface area contributed by atoms with Crippen molar-refractivity contribution in [1.82, 2.24) is 0 Å². The van der Waals surface area contributed by atoms with E-state index in [0.29, 0.717) is 6.61 Å². The Hall–Kier alpha value is -1.55. The maximum atomic E-state index is 12.3. The number of ether oxygens (including phenoxy) is 3. The first-order valence-corrected chi connectivity index (χ1v) is 9.04. The van der Waals surface area contributed by atoms with Crippen molar-refractivity contribution in [2.45, 2.75) is 71.7 Å². The lowest BCUT2D eigenvalue weighted by Gasteiger charge is -2.32. The predicted octanol–water partition coefficient (Wildman–Crippen LogP) is 4.37. The molecule has 4 nitrogen and oxygen atoms in total. The van der Waals surface area contributed by atoms with E-state index >= 15 is 0 Å². The van der Waals surface area contributed by atoms with Gasteiger partial charge in [-0.2, -0.15) is 0 Å². The van der Waals surface area contributed by atoms with E-state index in [1.54, 1.807) is 0 Å². The van der Waals surface area contributed by atoms with Crippen molar-refractivity contribution in [3.8, 4) is 5.75 Å². The van der Waals surface area contributed by atoms with E-state index < -0.39 is 0 Å². The third-order valence-corrected chi connectivity index (χ3v) is 4.57. The smallest absolute Gasteiger partial charge is 0.312 e. The number of para-hydroxylation sites is 1. The Bertz CT molecular complexity index is 510. The second kappa shape index (κ2) is 8.52. The SMILES string of the molecule is CCCO[C@@H](CC)[C@@H](Oc1ccccc1)[C@H](C)OC(=O)C1(C)CC1. The molecule has 4 heteroatoms. The van der Waals surface area contributed by atoms with Crippen LogP contribution in [0.4, 0.5) is 0 Å². The summed E-state index contributed by atoms with van der Waals surface area (Å²) in [5.74, 6) is 0.642. The Kier molecular flexibility index (Phi) is 6.67. The van der Waals surface area contributed by atoms with Gasteiger partial charge < -0.3 is 14.2 Å². The van der Waals surface area contributed by atoms with Gasteiger partial charge >= 0.3 is 5.97 Å². The van der Waals surface area contributed by atoms with Gasteiger partial charge in [-0.3, -0.25) is 4.79 Å². The minimum absolute atomic E-state index is 0.111. The zero-order chi connectivity index (χ0) is 17.6. The number of carbonyl (C=O) groups excluding carboxylic acids is 1. The van der Waals surface area contributed by atoms with Crippen LogP contribution in [0.3, 0.4) is 0 Å². The largest absolute Gasteiger partial charge is 0.484 e. The number of rotatable bonds is 10. The first-order chi connectivity index (χ1) is 11.5. The lowest BCUT2D eigenvalue weighted by molar-refractivity contribution is -0.164. The van der Waals surface area contributed by atoms with E-state index in [9.17, 15) is 4.79 Å². The van der Waals surface area contributed by atoms with E-state index in [-0.39, 0.29) is 29.7 Å². The van der Waals surface area contributed by atoms with Gasteiger partial charge in [-0.05, 0) is 51.7 Å². The Morgan fingerprint density at radius 3 is 2.42 bits per heavy atom. The van der Waals surface area contributed by atoms with Gasteiger partial charge in [-0.15, -0.1) is 0 Å². The quantitative estimate of drug-likeness (QED) is 0.596. The van der Waals surface area contributed by atoms with Crippen LogP contribution in [-0.4, -0.2) is 30.9 Å². The summed E-state index contributed by atoms with van der Waals surface area (Å²) in [4.78, 5) is 12.3. The second-order valence-corrected chi connectivity index (χ2v) is 6.88. The van der Waals surface area contributed by atoms with Gasteiger partial charge in [0.1, 0.15) is 11.9 Å². The van der Waals surface area contributed by atoms with E-state index in [1.807, 2.05) is 44.2 Å². The van der Waals surface area contributed by atoms with Gasteiger partial charge in [0.25, 0.3) is 0 Å². The molecule has 0 N–H and O–H groups in total. The molecule has 0 amide bonds. The molecule has 0 aliphatic heterocycles. The average molecular weight is 334 g/mol. The van der Waals surface area contributed by atoms with Crippen LogP contribution in [0.25, 0.3) is 0 Å². The van der Waals surface area contributed by atoms with Crippen molar-refractivity contribution in [3.05, 3.63) is 30.3 Å². The van der Waals surface area contributed by atoms with Gasteiger partial charge in [-0.1, -0.05) is 32.0 Å². The van der Waals surface area contributed by atoms with E-state index in [0.717, 1.165) is 31.4 Å². The highest BCUT2D eigenvalue weighted by atomic mass is 16.6. The van der Waals surface area contributed by atoms with Crippen LogP contribution >= 0.6 is 0 Å². The molecule has 0 bridgehead atoms. The van der Waals surface area contributed by atoms with Crippen molar-refractivity contribution < 1.29 is 19.0 Å². The summed E-state index contributed by atoms with van der Waals surface area (Å²) in [7, 11) is 0. The molecule has 0 aromatic heterocycles. The standard InChI is InChI=1S/C20H30O4/c1-5-14-22-17(6-2)18(24-16-10-8-7-9-11-16)15(3)23-19(21)20(4)12-13-20/h7-11,15,17-18H,5-6,12-14H2,1-4H3/t15-,17-,18-/m0/s1. The lowest BCUT2D eigenvalue weighted by atomic mass is 10.1. The van der Waals surface area contributed by atoms with Gasteiger partial charge in [0, 0.05) is 6.61 Å². The lowest BCUT2D eigenvalue weighted by Crippen LogP contribution is -2.45. The summed E-state index contributed by atoms with van der Waals surface area (Å²) in [6.07, 6.45) is 2.77. The fraction of sp³-hybridized carbons (Fsp3) is 0.650. The molecule has 0 saturated heterocycles. The molecular formula is C20H30O4. The summed E-state index contributed by atoms with van der Waals surface area (Å²) in [6, 6.07) is 9.64. The normalized spacial score (nSPS) is 19.2. The number of hydrogen-bond donors (Lipinski definition) is 0. The molecule has 0 heterocycles. The summed E-state index contributed by atoms with van der Waals surface area (Å²) in [5, 5.41) is 0. The first-order valence-electron chi connectivity index (χ1n) is 9.04. The highest BCUT2D eigenvalue weighted by molar-refractivity contribution is 5.79. The second-order valence-electron chi connectivity index (χ2n) is 6.88. The fourth-order valence-electron chi connectivity index (χ4n) is 2.61. The molecule has 0 unspecified atom stereocenters. The summed E-state index contributed by atoms with van der Waals surface area (Å²) < 4.78 is 17.9. The van der Waals surface area contributed by atoms with Crippen molar-refractivity contribution >= 4 is 5.97 Å². The minimum atomic E-state index is -0.364. The van der Waals surface area contributed by atoms with Crippen molar-refractivity contribution in [3.63, 3.8) is 0 Å². The fourth-order valence-corrected chi connectivity index (χ4v) is 2.61. The maximum Gasteiger partial charge on any atom is 0.312 e. The molecule has 3 atom stereocenters. The number of hydrogen-bond acceptors (Lipinski definition) is 4. The van der Waals surface area contributed by atoms with Crippen LogP contribution in [0.1, 0.15) is 53.4 Å². The van der Waals surface area contributed by atoms with E-state index in [4.69, 9.17) is 14.2 Å². The molecule has 1 aromatic carbocycles. The zero-order valence-corrected chi connectivity index (χ0v) is 15.3. The first kappa shape index (κ1) is 18.8. The highest BCUT2D eigenvalue weighted by Gasteiger charge is 2.48. The van der Waals surface area contributed by atoms with Crippen LogP contribution < -0.4 is 4.74 Å². The van der Waals surface area contributed by atoms with Gasteiger partial charge in [0.2, 0.25) is 0 Å². The molecule has 1 aliphatic rings. The van der Waals surface area contributed by atoms with Gasteiger partial charge in [-0.25, -0.2) is 0 Å². The molecule has 2 rings (SSSR count). The van der Waals surface area contributed by atoms with Crippen molar-refractivity contribution in [2.75, 3.05) is 6.61 Å². The number of carbonyl (C=O) groups is 1. The van der Waals surface area contributed by atoms with Crippen LogP contribution in [0.15, 0.2) is 30.3 Å². The Morgan fingerprint density at radius 1 is 1.21 bits per heavy atom. The van der Waals surface area contributed by atoms with Crippen molar-refractivity contribution in [1.29, 1.82) is 0 Å². The maximum absolute atomic E-state index is 12.3. The summed E-state index contributed by atoms with van der Waals surface area (Å²) >= 11 is 0. The Morgan fingerprint density at radius 2 is 1.88 bits per heavy atom. The molecule has 134 valence electrons. The molecule has 1 aromatic rings. The number of benzene rings is 1. The Balaban J connectivity index is 2.09. The molecule has 1 saturated carbocycles. The van der Waals surface area contributed by atoms with Crippen LogP contribution in [0.2, 0.25) is 0 Å². The van der Waals surface area contributed by atoms with Crippen LogP contribution in [0.5, 0.6) is 5.75 Å². The average Bonchev–Trinajstić information content (AvgIpc) is 3.34. The topological polar surface area (TPSA) is 44.8 Å². The molecule has 1 aliphatic carbocycles. The monoisotopic (exact) mass is 334 g/mol. The Labute approximate surface area is 145 Å². The molecule has 1 fully saturated rings. The zero-order valence-electron chi connectivity index (χ0n) is 15.3. The third-order valence-electron chi connectivity index (χ3n) is 4.57. The van der Waals surface area contributed by atoms with Crippen LogP contribution in [0, 0.1) is 5.41 Å². The van der Waals surface area contributed by atoms with Gasteiger partial charge in [0.15, 0.2) is 6.10 Å².